The highest BCUT2D eigenvalue weighted by Gasteiger charge is 2.41. The summed E-state index contributed by atoms with van der Waals surface area (Å²) in [6.45, 7) is 0.379. The van der Waals surface area contributed by atoms with E-state index in [1.807, 2.05) is 6.07 Å². The number of aromatic nitrogens is 5. The molecule has 0 saturated carbocycles. The third-order valence-corrected chi connectivity index (χ3v) is 5.44. The van der Waals surface area contributed by atoms with Gasteiger partial charge in [-0.1, -0.05) is 0 Å². The Bertz CT molecular complexity index is 1130. The van der Waals surface area contributed by atoms with E-state index in [9.17, 15) is 18.4 Å². The van der Waals surface area contributed by atoms with Crippen LogP contribution in [0.5, 0.6) is 0 Å². The van der Waals surface area contributed by atoms with Crippen LogP contribution in [0.25, 0.3) is 11.1 Å². The molecule has 1 fully saturated rings. The zero-order valence-corrected chi connectivity index (χ0v) is 16.4. The largest absolute Gasteiger partial charge is 0.416 e. The normalized spacial score (nSPS) is 16.2. The summed E-state index contributed by atoms with van der Waals surface area (Å²) in [5, 5.41) is 24.7. The molecule has 2 aromatic heterocycles. The molecule has 0 aliphatic carbocycles. The number of anilines is 1. The topological polar surface area (TPSA) is 83.5 Å². The molecule has 1 aliphatic heterocycles. The molecule has 0 N–H and O–H groups in total. The van der Waals surface area contributed by atoms with Crippen LogP contribution in [0.4, 0.5) is 23.2 Å². The molecule has 7 nitrogen and oxygen atoms in total. The van der Waals surface area contributed by atoms with Crippen molar-refractivity contribution in [2.24, 2.45) is 7.05 Å². The van der Waals surface area contributed by atoms with Gasteiger partial charge in [-0.25, -0.2) is 4.39 Å². The van der Waals surface area contributed by atoms with Crippen LogP contribution in [-0.2, 0) is 18.9 Å². The van der Waals surface area contributed by atoms with Gasteiger partial charge in [0.25, 0.3) is 0 Å². The molecule has 3 aromatic rings. The molecule has 11 heteroatoms. The second-order valence-corrected chi connectivity index (χ2v) is 7.38. The number of hydrogen-bond donors (Lipinski definition) is 0. The zero-order chi connectivity index (χ0) is 22.2. The smallest absolute Gasteiger partial charge is 0.370 e. The molecule has 1 aliphatic rings. The maximum Gasteiger partial charge on any atom is 0.416 e. The van der Waals surface area contributed by atoms with Gasteiger partial charge >= 0.3 is 6.18 Å². The number of halogens is 4. The molecular weight excluding hydrogens is 414 g/mol. The first kappa shape index (κ1) is 20.7. The quantitative estimate of drug-likeness (QED) is 0.589. The lowest BCUT2D eigenvalue weighted by molar-refractivity contribution is -0.137. The Kier molecular flexibility index (Phi) is 5.08. The van der Waals surface area contributed by atoms with E-state index < -0.39 is 17.4 Å². The van der Waals surface area contributed by atoms with Gasteiger partial charge in [-0.2, -0.15) is 28.6 Å². The third kappa shape index (κ3) is 3.81. The van der Waals surface area contributed by atoms with Crippen molar-refractivity contribution in [2.45, 2.75) is 24.7 Å². The van der Waals surface area contributed by atoms with Crippen LogP contribution in [0.3, 0.4) is 0 Å². The predicted molar refractivity (Wildman–Crippen MR) is 102 cm³/mol. The Morgan fingerprint density at radius 1 is 1.13 bits per heavy atom. The molecule has 0 bridgehead atoms. The molecule has 3 heterocycles. The van der Waals surface area contributed by atoms with Crippen molar-refractivity contribution >= 4 is 5.69 Å². The Balaban J connectivity index is 1.76. The third-order valence-electron chi connectivity index (χ3n) is 5.44. The van der Waals surface area contributed by atoms with Crippen LogP contribution in [0.1, 0.15) is 29.8 Å². The molecule has 31 heavy (non-hydrogen) atoms. The van der Waals surface area contributed by atoms with Crippen molar-refractivity contribution in [3.8, 4) is 17.2 Å². The fourth-order valence-corrected chi connectivity index (χ4v) is 3.89. The number of piperidine rings is 1. The van der Waals surface area contributed by atoms with Gasteiger partial charge in [0.1, 0.15) is 12.4 Å². The molecular formula is C20H17F4N7. The summed E-state index contributed by atoms with van der Waals surface area (Å²) in [5.74, 6) is 0.207. The lowest BCUT2D eigenvalue weighted by Crippen LogP contribution is -2.42. The first-order valence-electron chi connectivity index (χ1n) is 9.44. The van der Waals surface area contributed by atoms with Crippen molar-refractivity contribution in [1.29, 1.82) is 5.26 Å². The minimum absolute atomic E-state index is 0.0550. The van der Waals surface area contributed by atoms with E-state index in [2.05, 4.69) is 20.4 Å². The number of nitriles is 1. The second kappa shape index (κ2) is 7.61. The van der Waals surface area contributed by atoms with Crippen LogP contribution in [0, 0.1) is 11.3 Å². The van der Waals surface area contributed by atoms with Gasteiger partial charge in [-0.3, -0.25) is 0 Å². The maximum atomic E-state index is 15.5. The number of hydrogen-bond acceptors (Lipinski definition) is 6. The van der Waals surface area contributed by atoms with E-state index in [-0.39, 0.29) is 42.9 Å². The number of benzene rings is 1. The number of aryl methyl sites for hydroxylation is 1. The van der Waals surface area contributed by atoms with E-state index in [1.165, 1.54) is 29.4 Å². The van der Waals surface area contributed by atoms with Gasteiger partial charge < -0.3 is 9.47 Å². The van der Waals surface area contributed by atoms with Gasteiger partial charge in [-0.15, -0.1) is 10.2 Å². The van der Waals surface area contributed by atoms with E-state index >= 15 is 4.39 Å². The number of rotatable bonds is 3. The first-order chi connectivity index (χ1) is 14.7. The molecule has 4 rings (SSSR count). The average Bonchev–Trinajstić information content (AvgIpc) is 3.20. The number of nitrogens with zero attached hydrogens (tertiary/aromatic N) is 7. The summed E-state index contributed by atoms with van der Waals surface area (Å²) in [5.41, 5.74) is -1.87. The summed E-state index contributed by atoms with van der Waals surface area (Å²) < 4.78 is 57.4. The molecule has 0 radical (unpaired) electrons. The summed E-state index contributed by atoms with van der Waals surface area (Å²) in [6.07, 6.45) is -0.397. The zero-order valence-electron chi connectivity index (χ0n) is 16.4. The molecule has 1 saturated heterocycles. The van der Waals surface area contributed by atoms with E-state index in [4.69, 9.17) is 0 Å². The standard InChI is InChI=1S/C20H17F4N7/c1-30-12-28-29-18(30)19(21)3-6-31(7-4-19)17-14(10-25)8-15(20(22,23)24)9-16(17)13-2-5-26-27-11-13/h2,5,8-9,11-12H,3-4,6-7H2,1H3. The van der Waals surface area contributed by atoms with Gasteiger partial charge in [0.2, 0.25) is 0 Å². The Labute approximate surface area is 175 Å². The fourth-order valence-electron chi connectivity index (χ4n) is 3.89. The molecule has 0 amide bonds. The molecule has 1 aromatic carbocycles. The highest BCUT2D eigenvalue weighted by molar-refractivity contribution is 5.83. The summed E-state index contributed by atoms with van der Waals surface area (Å²) >= 11 is 0. The van der Waals surface area contributed by atoms with Crippen LogP contribution < -0.4 is 4.90 Å². The Morgan fingerprint density at radius 2 is 1.87 bits per heavy atom. The van der Waals surface area contributed by atoms with Crippen LogP contribution in [0.2, 0.25) is 0 Å². The molecule has 0 unspecified atom stereocenters. The maximum absolute atomic E-state index is 15.5. The van der Waals surface area contributed by atoms with Crippen molar-refractivity contribution < 1.29 is 17.6 Å². The highest BCUT2D eigenvalue weighted by Crippen LogP contribution is 2.43. The van der Waals surface area contributed by atoms with Crippen LogP contribution in [-0.4, -0.2) is 38.1 Å². The van der Waals surface area contributed by atoms with E-state index in [0.717, 1.165) is 12.1 Å². The molecule has 160 valence electrons. The summed E-state index contributed by atoms with van der Waals surface area (Å²) in [4.78, 5) is 1.74. The van der Waals surface area contributed by atoms with Gasteiger partial charge in [0, 0.05) is 44.1 Å². The monoisotopic (exact) mass is 431 g/mol. The van der Waals surface area contributed by atoms with E-state index in [0.29, 0.717) is 11.3 Å². The first-order valence-corrected chi connectivity index (χ1v) is 9.44. The number of alkyl halides is 4. The van der Waals surface area contributed by atoms with Crippen molar-refractivity contribution in [2.75, 3.05) is 18.0 Å². The lowest BCUT2D eigenvalue weighted by atomic mass is 9.90. The highest BCUT2D eigenvalue weighted by atomic mass is 19.4. The average molecular weight is 431 g/mol. The van der Waals surface area contributed by atoms with Crippen molar-refractivity contribution in [3.63, 3.8) is 0 Å². The van der Waals surface area contributed by atoms with Gasteiger partial charge in [-0.05, 0) is 18.2 Å². The Morgan fingerprint density at radius 3 is 2.42 bits per heavy atom. The van der Waals surface area contributed by atoms with Crippen LogP contribution >= 0.6 is 0 Å². The van der Waals surface area contributed by atoms with E-state index in [1.54, 1.807) is 11.9 Å². The molecule has 0 spiro atoms. The summed E-state index contributed by atoms with van der Waals surface area (Å²) in [7, 11) is 1.65. The lowest BCUT2D eigenvalue weighted by Gasteiger charge is -2.38. The van der Waals surface area contributed by atoms with Gasteiger partial charge in [0.05, 0.1) is 29.2 Å². The minimum atomic E-state index is -4.62. The predicted octanol–water partition coefficient (Wildman–Crippen LogP) is 3.63. The van der Waals surface area contributed by atoms with Crippen molar-refractivity contribution in [3.05, 3.63) is 53.9 Å². The second-order valence-electron chi connectivity index (χ2n) is 7.38. The summed E-state index contributed by atoms with van der Waals surface area (Å²) in [6, 6.07) is 5.22. The fraction of sp³-hybridized carbons (Fsp3) is 0.350. The van der Waals surface area contributed by atoms with Gasteiger partial charge in [0.15, 0.2) is 11.5 Å². The SMILES string of the molecule is Cn1cnnc1C1(F)CCN(c2c(C#N)cc(C(F)(F)F)cc2-c2ccnnc2)CC1. The Hall–Kier alpha value is -3.55. The van der Waals surface area contributed by atoms with Crippen molar-refractivity contribution in [1.82, 2.24) is 25.0 Å². The van der Waals surface area contributed by atoms with Crippen LogP contribution in [0.15, 0.2) is 36.9 Å². The minimum Gasteiger partial charge on any atom is -0.370 e. The molecule has 0 atom stereocenters.